The molecule has 7 heteroatoms. The number of rotatable bonds is 4. The summed E-state index contributed by atoms with van der Waals surface area (Å²) < 4.78 is 23.5. The van der Waals surface area contributed by atoms with E-state index in [0.29, 0.717) is 18.7 Å². The van der Waals surface area contributed by atoms with Crippen LogP contribution in [0.3, 0.4) is 0 Å². The third-order valence-corrected chi connectivity index (χ3v) is 6.93. The number of aromatic nitrogens is 1. The van der Waals surface area contributed by atoms with Crippen molar-refractivity contribution < 1.29 is 13.2 Å². The van der Waals surface area contributed by atoms with Crippen LogP contribution < -0.4 is 4.90 Å². The second kappa shape index (κ2) is 7.72. The highest BCUT2D eigenvalue weighted by Gasteiger charge is 2.34. The zero-order valence-corrected chi connectivity index (χ0v) is 15.7. The monoisotopic (exact) mass is 365 g/mol. The third kappa shape index (κ3) is 4.32. The molecule has 0 saturated carbocycles. The van der Waals surface area contributed by atoms with Gasteiger partial charge in [-0.3, -0.25) is 9.78 Å². The zero-order valence-electron chi connectivity index (χ0n) is 14.9. The van der Waals surface area contributed by atoms with Gasteiger partial charge < -0.3 is 9.80 Å². The van der Waals surface area contributed by atoms with E-state index in [9.17, 15) is 13.2 Å². The minimum Gasteiger partial charge on any atom is -0.371 e. The van der Waals surface area contributed by atoms with Crippen molar-refractivity contribution >= 4 is 21.4 Å². The van der Waals surface area contributed by atoms with Gasteiger partial charge in [0, 0.05) is 37.6 Å². The molecule has 1 atom stereocenters. The van der Waals surface area contributed by atoms with Gasteiger partial charge in [-0.25, -0.2) is 8.42 Å². The highest BCUT2D eigenvalue weighted by molar-refractivity contribution is 7.91. The summed E-state index contributed by atoms with van der Waals surface area (Å²) >= 11 is 0. The van der Waals surface area contributed by atoms with Crippen LogP contribution in [0.1, 0.15) is 49.5 Å². The SMILES string of the molecule is CCN(C(=O)c1cc(N2CCCCCC2)ccn1)C1CCS(=O)(=O)C1. The van der Waals surface area contributed by atoms with Gasteiger partial charge >= 0.3 is 0 Å². The molecule has 1 unspecified atom stereocenters. The first-order valence-corrected chi connectivity index (χ1v) is 11.0. The molecule has 1 aromatic heterocycles. The maximum Gasteiger partial charge on any atom is 0.272 e. The summed E-state index contributed by atoms with van der Waals surface area (Å²) in [7, 11) is -3.02. The lowest BCUT2D eigenvalue weighted by Gasteiger charge is -2.27. The molecule has 138 valence electrons. The van der Waals surface area contributed by atoms with Gasteiger partial charge in [0.15, 0.2) is 9.84 Å². The summed E-state index contributed by atoms with van der Waals surface area (Å²) in [5, 5.41) is 0. The summed E-state index contributed by atoms with van der Waals surface area (Å²) in [6.07, 6.45) is 7.07. The minimum absolute atomic E-state index is 0.0679. The first kappa shape index (κ1) is 18.2. The summed E-state index contributed by atoms with van der Waals surface area (Å²) in [5.41, 5.74) is 1.45. The van der Waals surface area contributed by atoms with E-state index >= 15 is 0 Å². The van der Waals surface area contributed by atoms with Crippen molar-refractivity contribution in [2.24, 2.45) is 0 Å². The Morgan fingerprint density at radius 3 is 2.60 bits per heavy atom. The smallest absolute Gasteiger partial charge is 0.272 e. The molecule has 0 spiro atoms. The van der Waals surface area contributed by atoms with Gasteiger partial charge in [0.25, 0.3) is 5.91 Å². The fraction of sp³-hybridized carbons (Fsp3) is 0.667. The van der Waals surface area contributed by atoms with E-state index < -0.39 is 9.84 Å². The van der Waals surface area contributed by atoms with E-state index in [1.54, 1.807) is 11.1 Å². The molecular formula is C18H27N3O3S. The molecule has 2 saturated heterocycles. The van der Waals surface area contributed by atoms with Crippen LogP contribution in [0, 0.1) is 0 Å². The Bertz CT molecular complexity index is 712. The van der Waals surface area contributed by atoms with Gasteiger partial charge in [0.1, 0.15) is 5.69 Å². The normalized spacial score (nSPS) is 23.2. The Morgan fingerprint density at radius 2 is 2.00 bits per heavy atom. The van der Waals surface area contributed by atoms with Crippen molar-refractivity contribution in [3.63, 3.8) is 0 Å². The molecule has 6 nitrogen and oxygen atoms in total. The standard InChI is InChI=1S/C18H27N3O3S/c1-2-21(16-8-12-25(23,24)14-16)18(22)17-13-15(7-9-19-17)20-10-5-3-4-6-11-20/h7,9,13,16H,2-6,8,10-12,14H2,1H3. The zero-order chi connectivity index (χ0) is 17.9. The maximum atomic E-state index is 12.9. The number of hydrogen-bond acceptors (Lipinski definition) is 5. The first-order valence-electron chi connectivity index (χ1n) is 9.22. The minimum atomic E-state index is -3.02. The van der Waals surface area contributed by atoms with E-state index in [4.69, 9.17) is 0 Å². The lowest BCUT2D eigenvalue weighted by Crippen LogP contribution is -2.41. The fourth-order valence-electron chi connectivity index (χ4n) is 3.80. The van der Waals surface area contributed by atoms with Crippen LogP contribution >= 0.6 is 0 Å². The van der Waals surface area contributed by atoms with Gasteiger partial charge in [-0.1, -0.05) is 12.8 Å². The number of anilines is 1. The van der Waals surface area contributed by atoms with Crippen LogP contribution in [-0.2, 0) is 9.84 Å². The Morgan fingerprint density at radius 1 is 1.28 bits per heavy atom. The lowest BCUT2D eigenvalue weighted by molar-refractivity contribution is 0.0702. The van der Waals surface area contributed by atoms with Gasteiger partial charge in [0.05, 0.1) is 11.5 Å². The van der Waals surface area contributed by atoms with Crippen molar-refractivity contribution in [3.05, 3.63) is 24.0 Å². The summed E-state index contributed by atoms with van der Waals surface area (Å²) in [6.45, 7) is 4.40. The van der Waals surface area contributed by atoms with E-state index in [1.165, 1.54) is 25.7 Å². The predicted octanol–water partition coefficient (Wildman–Crippen LogP) is 2.11. The van der Waals surface area contributed by atoms with Crippen molar-refractivity contribution in [2.75, 3.05) is 36.0 Å². The molecule has 0 aromatic carbocycles. The molecule has 1 aromatic rings. The number of pyridine rings is 1. The molecular weight excluding hydrogens is 338 g/mol. The Hall–Kier alpha value is -1.63. The molecule has 0 radical (unpaired) electrons. The van der Waals surface area contributed by atoms with Crippen LogP contribution in [0.5, 0.6) is 0 Å². The molecule has 1 amide bonds. The largest absolute Gasteiger partial charge is 0.371 e. The summed E-state index contributed by atoms with van der Waals surface area (Å²) in [5.74, 6) is 0.0717. The maximum absolute atomic E-state index is 12.9. The number of hydrogen-bond donors (Lipinski definition) is 0. The van der Waals surface area contributed by atoms with Crippen molar-refractivity contribution in [3.8, 4) is 0 Å². The van der Waals surface area contributed by atoms with Gasteiger partial charge in [-0.2, -0.15) is 0 Å². The molecule has 0 N–H and O–H groups in total. The van der Waals surface area contributed by atoms with E-state index in [1.807, 2.05) is 19.1 Å². The van der Waals surface area contributed by atoms with Crippen LogP contribution in [0.4, 0.5) is 5.69 Å². The van der Waals surface area contributed by atoms with Gasteiger partial charge in [-0.15, -0.1) is 0 Å². The molecule has 3 heterocycles. The molecule has 0 bridgehead atoms. The van der Waals surface area contributed by atoms with E-state index in [0.717, 1.165) is 18.8 Å². The third-order valence-electron chi connectivity index (χ3n) is 5.18. The second-order valence-corrected chi connectivity index (χ2v) is 9.18. The molecule has 25 heavy (non-hydrogen) atoms. The van der Waals surface area contributed by atoms with Crippen molar-refractivity contribution in [1.29, 1.82) is 0 Å². The molecule has 3 rings (SSSR count). The van der Waals surface area contributed by atoms with Gasteiger partial charge in [-0.05, 0) is 38.3 Å². The number of amides is 1. The van der Waals surface area contributed by atoms with Crippen molar-refractivity contribution in [2.45, 2.75) is 45.1 Å². The summed E-state index contributed by atoms with van der Waals surface area (Å²) in [6, 6.07) is 3.59. The molecule has 2 fully saturated rings. The Kier molecular flexibility index (Phi) is 5.61. The van der Waals surface area contributed by atoms with Crippen LogP contribution in [0.15, 0.2) is 18.3 Å². The van der Waals surface area contributed by atoms with Crippen LogP contribution in [0.2, 0.25) is 0 Å². The van der Waals surface area contributed by atoms with Gasteiger partial charge in [0.2, 0.25) is 0 Å². The Balaban J connectivity index is 1.78. The van der Waals surface area contributed by atoms with E-state index in [2.05, 4.69) is 9.88 Å². The number of sulfone groups is 1. The van der Waals surface area contributed by atoms with Crippen LogP contribution in [0.25, 0.3) is 0 Å². The summed E-state index contributed by atoms with van der Waals surface area (Å²) in [4.78, 5) is 21.2. The average molecular weight is 365 g/mol. The molecule has 2 aliphatic heterocycles. The number of carbonyl (C=O) groups excluding carboxylic acids is 1. The molecule has 2 aliphatic rings. The highest BCUT2D eigenvalue weighted by atomic mass is 32.2. The number of carbonyl (C=O) groups is 1. The second-order valence-electron chi connectivity index (χ2n) is 6.95. The lowest BCUT2D eigenvalue weighted by atomic mass is 10.2. The molecule has 0 aliphatic carbocycles. The predicted molar refractivity (Wildman–Crippen MR) is 98.7 cm³/mol. The highest BCUT2D eigenvalue weighted by Crippen LogP contribution is 2.23. The van der Waals surface area contributed by atoms with E-state index in [-0.39, 0.29) is 23.5 Å². The Labute approximate surface area is 150 Å². The topological polar surface area (TPSA) is 70.6 Å². The fourth-order valence-corrected chi connectivity index (χ4v) is 5.53. The number of nitrogens with zero attached hydrogens (tertiary/aromatic N) is 3. The van der Waals surface area contributed by atoms with Crippen LogP contribution in [-0.4, -0.2) is 61.4 Å². The average Bonchev–Trinajstić information content (AvgIpc) is 2.80. The van der Waals surface area contributed by atoms with Crippen molar-refractivity contribution in [1.82, 2.24) is 9.88 Å². The first-order chi connectivity index (χ1) is 12.0. The quantitative estimate of drug-likeness (QED) is 0.817.